The number of hydrogen-bond donors (Lipinski definition) is 0. The fourth-order valence-electron chi connectivity index (χ4n) is 4.02. The second kappa shape index (κ2) is 7.31. The zero-order chi connectivity index (χ0) is 19.9. The van der Waals surface area contributed by atoms with Gasteiger partial charge in [-0.25, -0.2) is 4.98 Å². The molecule has 0 radical (unpaired) electrons. The Kier molecular flexibility index (Phi) is 4.33. The van der Waals surface area contributed by atoms with Gasteiger partial charge in [0.1, 0.15) is 5.01 Å². The highest BCUT2D eigenvalue weighted by atomic mass is 32.1. The molecule has 2 nitrogen and oxygen atoms in total. The lowest BCUT2D eigenvalue weighted by Crippen LogP contribution is -2.15. The highest BCUT2D eigenvalue weighted by Gasteiger charge is 2.24. The molecule has 0 N–H and O–H groups in total. The molecule has 1 aliphatic heterocycles. The van der Waals surface area contributed by atoms with E-state index in [0.29, 0.717) is 0 Å². The molecule has 4 heteroatoms. The van der Waals surface area contributed by atoms with Crippen molar-refractivity contribution in [2.75, 3.05) is 0 Å². The minimum absolute atomic E-state index is 0.177. The minimum Gasteiger partial charge on any atom is -0.276 e. The third kappa shape index (κ3) is 3.09. The number of fused-ring (bicyclic) bond motifs is 2. The van der Waals surface area contributed by atoms with Gasteiger partial charge in [0, 0.05) is 28.0 Å². The van der Waals surface area contributed by atoms with Gasteiger partial charge in [0.25, 0.3) is 0 Å². The molecule has 0 saturated carbocycles. The van der Waals surface area contributed by atoms with Crippen LogP contribution in [0.4, 0.5) is 0 Å². The Labute approximate surface area is 183 Å². The van der Waals surface area contributed by atoms with Crippen molar-refractivity contribution >= 4 is 38.6 Å². The van der Waals surface area contributed by atoms with Gasteiger partial charge in [-0.1, -0.05) is 66.7 Å². The third-order valence-corrected chi connectivity index (χ3v) is 7.58. The number of thiazole rings is 1. The van der Waals surface area contributed by atoms with Crippen molar-refractivity contribution in [1.82, 2.24) is 4.98 Å². The lowest BCUT2D eigenvalue weighted by molar-refractivity contribution is 0.722. The van der Waals surface area contributed by atoms with E-state index in [-0.39, 0.29) is 6.04 Å². The van der Waals surface area contributed by atoms with Gasteiger partial charge in [-0.05, 0) is 29.1 Å². The van der Waals surface area contributed by atoms with Crippen molar-refractivity contribution in [3.05, 3.63) is 112 Å². The standard InChI is InChI=1S/C26H18N2S2/c1-2-6-17(7-3-1)22-16-24-20(14-15-29-24)25(27-22)18-10-12-19(13-11-18)26-28-21-8-4-5-9-23(21)30-26/h1-15,22H,16H2. The van der Waals surface area contributed by atoms with Gasteiger partial charge in [-0.15, -0.1) is 22.7 Å². The lowest BCUT2D eigenvalue weighted by atomic mass is 9.93. The van der Waals surface area contributed by atoms with E-state index in [1.807, 2.05) is 17.4 Å². The molecule has 3 heterocycles. The normalized spacial score (nSPS) is 15.7. The summed E-state index contributed by atoms with van der Waals surface area (Å²) in [4.78, 5) is 11.4. The number of hydrogen-bond acceptors (Lipinski definition) is 4. The summed E-state index contributed by atoms with van der Waals surface area (Å²) >= 11 is 3.58. The van der Waals surface area contributed by atoms with Gasteiger partial charge >= 0.3 is 0 Å². The van der Waals surface area contributed by atoms with E-state index < -0.39 is 0 Å². The molecule has 0 amide bonds. The highest BCUT2D eigenvalue weighted by molar-refractivity contribution is 7.21. The van der Waals surface area contributed by atoms with Crippen LogP contribution in [-0.4, -0.2) is 10.7 Å². The summed E-state index contributed by atoms with van der Waals surface area (Å²) in [5.41, 5.74) is 7.04. The summed E-state index contributed by atoms with van der Waals surface area (Å²) in [5, 5.41) is 3.25. The number of rotatable bonds is 3. The maximum absolute atomic E-state index is 5.18. The molecule has 1 atom stereocenters. The molecule has 0 spiro atoms. The maximum atomic E-state index is 5.18. The predicted molar refractivity (Wildman–Crippen MR) is 128 cm³/mol. The monoisotopic (exact) mass is 422 g/mol. The van der Waals surface area contributed by atoms with Crippen molar-refractivity contribution in [3.8, 4) is 10.6 Å². The fraction of sp³-hybridized carbons (Fsp3) is 0.0769. The largest absolute Gasteiger partial charge is 0.276 e. The summed E-state index contributed by atoms with van der Waals surface area (Å²) in [6.07, 6.45) is 0.976. The molecule has 0 bridgehead atoms. The van der Waals surface area contributed by atoms with E-state index in [4.69, 9.17) is 9.98 Å². The van der Waals surface area contributed by atoms with Crippen LogP contribution in [0.1, 0.15) is 27.6 Å². The highest BCUT2D eigenvalue weighted by Crippen LogP contribution is 2.35. The maximum Gasteiger partial charge on any atom is 0.124 e. The van der Waals surface area contributed by atoms with Crippen LogP contribution in [0, 0.1) is 0 Å². The zero-order valence-electron chi connectivity index (χ0n) is 16.2. The van der Waals surface area contributed by atoms with Gasteiger partial charge in [0.05, 0.1) is 22.0 Å². The molecule has 1 aliphatic rings. The molecule has 144 valence electrons. The van der Waals surface area contributed by atoms with Crippen LogP contribution in [0.15, 0.2) is 95.3 Å². The predicted octanol–water partition coefficient (Wildman–Crippen LogP) is 7.16. The smallest absolute Gasteiger partial charge is 0.124 e. The summed E-state index contributed by atoms with van der Waals surface area (Å²) in [5.74, 6) is 0. The zero-order valence-corrected chi connectivity index (χ0v) is 17.8. The number of para-hydroxylation sites is 1. The summed E-state index contributed by atoms with van der Waals surface area (Å²) in [6.45, 7) is 0. The quantitative estimate of drug-likeness (QED) is 0.303. The fourth-order valence-corrected chi connectivity index (χ4v) is 5.91. The first-order valence-corrected chi connectivity index (χ1v) is 11.7. The molecule has 6 rings (SSSR count). The molecule has 3 aromatic carbocycles. The molecule has 0 saturated heterocycles. The first kappa shape index (κ1) is 17.8. The lowest BCUT2D eigenvalue weighted by Gasteiger charge is -2.21. The van der Waals surface area contributed by atoms with Crippen LogP contribution in [0.3, 0.4) is 0 Å². The van der Waals surface area contributed by atoms with Gasteiger partial charge in [-0.3, -0.25) is 4.99 Å². The van der Waals surface area contributed by atoms with E-state index in [0.717, 1.165) is 28.2 Å². The summed E-state index contributed by atoms with van der Waals surface area (Å²) in [6, 6.07) is 30.0. The third-order valence-electron chi connectivity index (χ3n) is 5.55. The van der Waals surface area contributed by atoms with Crippen LogP contribution < -0.4 is 0 Å². The first-order valence-electron chi connectivity index (χ1n) is 10.0. The second-order valence-electron chi connectivity index (χ2n) is 7.43. The molecule has 30 heavy (non-hydrogen) atoms. The van der Waals surface area contributed by atoms with Crippen molar-refractivity contribution in [1.29, 1.82) is 0 Å². The Balaban J connectivity index is 1.39. The van der Waals surface area contributed by atoms with E-state index in [1.54, 1.807) is 11.3 Å². The van der Waals surface area contributed by atoms with E-state index in [2.05, 4.69) is 84.2 Å². The van der Waals surface area contributed by atoms with Crippen LogP contribution in [0.2, 0.25) is 0 Å². The number of aliphatic imine (C=N–C) groups is 1. The molecule has 5 aromatic rings. The Morgan fingerprint density at radius 2 is 1.53 bits per heavy atom. The van der Waals surface area contributed by atoms with E-state index in [1.165, 1.54) is 26.3 Å². The Morgan fingerprint density at radius 3 is 2.37 bits per heavy atom. The Hall–Kier alpha value is -3.08. The topological polar surface area (TPSA) is 25.2 Å². The molecule has 2 aromatic heterocycles. The first-order chi connectivity index (χ1) is 14.8. The van der Waals surface area contributed by atoms with Crippen molar-refractivity contribution in [3.63, 3.8) is 0 Å². The Morgan fingerprint density at radius 1 is 0.767 bits per heavy atom. The van der Waals surface area contributed by atoms with Gasteiger partial charge < -0.3 is 0 Å². The molecule has 0 fully saturated rings. The molecule has 1 unspecified atom stereocenters. The van der Waals surface area contributed by atoms with Crippen LogP contribution in [0.25, 0.3) is 20.8 Å². The molecular formula is C26H18N2S2. The van der Waals surface area contributed by atoms with Crippen LogP contribution >= 0.6 is 22.7 Å². The van der Waals surface area contributed by atoms with E-state index >= 15 is 0 Å². The molecule has 0 aliphatic carbocycles. The van der Waals surface area contributed by atoms with Crippen molar-refractivity contribution in [2.45, 2.75) is 12.5 Å². The van der Waals surface area contributed by atoms with Crippen LogP contribution in [-0.2, 0) is 6.42 Å². The number of nitrogens with zero attached hydrogens (tertiary/aromatic N) is 2. The number of benzene rings is 3. The van der Waals surface area contributed by atoms with Crippen molar-refractivity contribution < 1.29 is 0 Å². The van der Waals surface area contributed by atoms with Gasteiger partial charge in [0.2, 0.25) is 0 Å². The Bertz CT molecular complexity index is 1330. The van der Waals surface area contributed by atoms with Crippen molar-refractivity contribution in [2.24, 2.45) is 4.99 Å². The summed E-state index contributed by atoms with van der Waals surface area (Å²) in [7, 11) is 0. The van der Waals surface area contributed by atoms with Gasteiger partial charge in [0.15, 0.2) is 0 Å². The van der Waals surface area contributed by atoms with Crippen LogP contribution in [0.5, 0.6) is 0 Å². The molecular weight excluding hydrogens is 404 g/mol. The minimum atomic E-state index is 0.177. The summed E-state index contributed by atoms with van der Waals surface area (Å²) < 4.78 is 1.22. The average Bonchev–Trinajstić information content (AvgIpc) is 3.46. The van der Waals surface area contributed by atoms with E-state index in [9.17, 15) is 0 Å². The SMILES string of the molecule is c1ccc(C2Cc3sccc3C(c3ccc(-c4nc5ccccc5s4)cc3)=N2)cc1. The van der Waals surface area contributed by atoms with Gasteiger partial charge in [-0.2, -0.15) is 0 Å². The number of aromatic nitrogens is 1. The average molecular weight is 423 g/mol. The second-order valence-corrected chi connectivity index (χ2v) is 9.46. The number of thiophene rings is 1.